The lowest BCUT2D eigenvalue weighted by molar-refractivity contribution is 0.0996. The lowest BCUT2D eigenvalue weighted by atomic mass is 10.1. The van der Waals surface area contributed by atoms with Crippen LogP contribution < -0.4 is 4.80 Å². The Bertz CT molecular complexity index is 1350. The smallest absolute Gasteiger partial charge is 0.279 e. The summed E-state index contributed by atoms with van der Waals surface area (Å²) in [6.45, 7) is 5.79. The Morgan fingerprint density at radius 3 is 2.68 bits per heavy atom. The number of rotatable bonds is 7. The predicted octanol–water partition coefficient (Wildman–Crippen LogP) is 4.18. The Kier molecular flexibility index (Phi) is 7.61. The molecule has 34 heavy (non-hydrogen) atoms. The largest absolute Gasteiger partial charge is 0.380 e. The van der Waals surface area contributed by atoms with E-state index in [4.69, 9.17) is 4.74 Å². The first-order valence-electron chi connectivity index (χ1n) is 11.4. The van der Waals surface area contributed by atoms with Crippen molar-refractivity contribution in [2.24, 2.45) is 4.99 Å². The molecule has 1 unspecified atom stereocenters. The first-order valence-corrected chi connectivity index (χ1v) is 13.6. The van der Waals surface area contributed by atoms with Gasteiger partial charge < -0.3 is 9.30 Å². The van der Waals surface area contributed by atoms with Gasteiger partial charge in [-0.2, -0.15) is 9.30 Å². The van der Waals surface area contributed by atoms with Gasteiger partial charge in [0.2, 0.25) is 10.0 Å². The minimum absolute atomic E-state index is 0.0417. The zero-order valence-electron chi connectivity index (χ0n) is 19.2. The molecule has 2 aromatic carbocycles. The number of aromatic nitrogens is 1. The van der Waals surface area contributed by atoms with Gasteiger partial charge in [0.05, 0.1) is 21.7 Å². The molecule has 4 rings (SSSR count). The molecule has 1 atom stereocenters. The molecule has 0 N–H and O–H groups in total. The Morgan fingerprint density at radius 2 is 1.97 bits per heavy atom. The Morgan fingerprint density at radius 1 is 1.21 bits per heavy atom. The summed E-state index contributed by atoms with van der Waals surface area (Å²) in [5.74, 6) is -0.851. The molecule has 0 saturated carbocycles. The number of nitrogens with zero attached hydrogens (tertiary/aromatic N) is 3. The quantitative estimate of drug-likeness (QED) is 0.451. The van der Waals surface area contributed by atoms with E-state index in [2.05, 4.69) is 4.99 Å². The number of piperidine rings is 1. The fraction of sp³-hybridized carbons (Fsp3) is 0.417. The van der Waals surface area contributed by atoms with E-state index in [-0.39, 0.29) is 22.3 Å². The summed E-state index contributed by atoms with van der Waals surface area (Å²) in [5, 5.41) is 0. The molecule has 1 aliphatic rings. The lowest BCUT2D eigenvalue weighted by Crippen LogP contribution is -2.41. The van der Waals surface area contributed by atoms with Crippen molar-refractivity contribution >= 4 is 37.5 Å². The number of carbonyl (C=O) groups excluding carboxylic acids is 1. The first kappa shape index (κ1) is 24.7. The van der Waals surface area contributed by atoms with Crippen molar-refractivity contribution in [3.63, 3.8) is 0 Å². The van der Waals surface area contributed by atoms with Crippen LogP contribution in [0.3, 0.4) is 0 Å². The summed E-state index contributed by atoms with van der Waals surface area (Å²) in [5.41, 5.74) is 1.06. The van der Waals surface area contributed by atoms with Gasteiger partial charge in [-0.3, -0.25) is 4.79 Å². The Hall–Kier alpha value is -2.40. The third kappa shape index (κ3) is 5.14. The van der Waals surface area contributed by atoms with Crippen molar-refractivity contribution < 1.29 is 22.3 Å². The molecule has 182 valence electrons. The van der Waals surface area contributed by atoms with Crippen LogP contribution in [0.5, 0.6) is 0 Å². The van der Waals surface area contributed by atoms with Crippen LogP contribution in [0, 0.1) is 5.82 Å². The molecule has 1 saturated heterocycles. The van der Waals surface area contributed by atoms with Crippen LogP contribution in [0.1, 0.15) is 43.5 Å². The summed E-state index contributed by atoms with van der Waals surface area (Å²) >= 11 is 1.22. The fourth-order valence-electron chi connectivity index (χ4n) is 4.13. The number of sulfonamides is 1. The van der Waals surface area contributed by atoms with Gasteiger partial charge in [0.25, 0.3) is 5.91 Å². The molecule has 1 aromatic heterocycles. The lowest BCUT2D eigenvalue weighted by Gasteiger charge is -2.32. The van der Waals surface area contributed by atoms with E-state index < -0.39 is 15.9 Å². The molecular formula is C24H28FN3O4S2. The Labute approximate surface area is 202 Å². The van der Waals surface area contributed by atoms with Gasteiger partial charge in [0.15, 0.2) is 4.80 Å². The van der Waals surface area contributed by atoms with E-state index in [1.165, 1.54) is 52.0 Å². The molecule has 1 fully saturated rings. The maximum Gasteiger partial charge on any atom is 0.279 e. The van der Waals surface area contributed by atoms with Crippen LogP contribution in [0.4, 0.5) is 4.39 Å². The van der Waals surface area contributed by atoms with Crippen molar-refractivity contribution in [3.8, 4) is 0 Å². The van der Waals surface area contributed by atoms with Gasteiger partial charge in [0.1, 0.15) is 5.82 Å². The maximum atomic E-state index is 13.7. The average Bonchev–Trinajstić information content (AvgIpc) is 3.15. The van der Waals surface area contributed by atoms with Crippen LogP contribution in [-0.2, 0) is 21.3 Å². The molecule has 7 nitrogen and oxygen atoms in total. The van der Waals surface area contributed by atoms with Gasteiger partial charge in [-0.15, -0.1) is 0 Å². The third-order valence-corrected chi connectivity index (χ3v) is 9.02. The topological polar surface area (TPSA) is 81.0 Å². The fourth-order valence-corrected chi connectivity index (χ4v) is 6.91. The third-order valence-electron chi connectivity index (χ3n) is 5.96. The number of fused-ring (bicyclic) bond motifs is 1. The SMILES string of the molecule is CCOCCn1c(=NC(=O)c2ccc(S(=O)(=O)N3CCCCC3C)cc2)sc2cc(F)ccc21. The highest BCUT2D eigenvalue weighted by Gasteiger charge is 2.30. The van der Waals surface area contributed by atoms with Crippen molar-refractivity contribution in [2.45, 2.75) is 50.6 Å². The maximum absolute atomic E-state index is 13.7. The number of amides is 1. The van der Waals surface area contributed by atoms with Crippen LogP contribution in [0.25, 0.3) is 10.2 Å². The highest BCUT2D eigenvalue weighted by Crippen LogP contribution is 2.25. The van der Waals surface area contributed by atoms with Crippen molar-refractivity contribution in [1.82, 2.24) is 8.87 Å². The summed E-state index contributed by atoms with van der Waals surface area (Å²) in [7, 11) is -3.61. The minimum atomic E-state index is -3.61. The number of thiazole rings is 1. The highest BCUT2D eigenvalue weighted by molar-refractivity contribution is 7.89. The van der Waals surface area contributed by atoms with E-state index >= 15 is 0 Å². The van der Waals surface area contributed by atoms with Crippen molar-refractivity contribution in [1.29, 1.82) is 0 Å². The van der Waals surface area contributed by atoms with E-state index in [1.807, 2.05) is 18.4 Å². The van der Waals surface area contributed by atoms with E-state index in [9.17, 15) is 17.6 Å². The summed E-state index contributed by atoms with van der Waals surface area (Å²) < 4.78 is 49.3. The van der Waals surface area contributed by atoms with Crippen LogP contribution in [-0.4, -0.2) is 49.0 Å². The molecular weight excluding hydrogens is 477 g/mol. The molecule has 1 amide bonds. The molecule has 0 radical (unpaired) electrons. The van der Waals surface area contributed by atoms with E-state index in [0.717, 1.165) is 24.8 Å². The zero-order chi connectivity index (χ0) is 24.3. The van der Waals surface area contributed by atoms with Gasteiger partial charge in [0, 0.05) is 31.3 Å². The normalized spacial score (nSPS) is 18.0. The van der Waals surface area contributed by atoms with Gasteiger partial charge >= 0.3 is 0 Å². The number of benzene rings is 2. The number of halogens is 1. The second kappa shape index (κ2) is 10.5. The van der Waals surface area contributed by atoms with Crippen LogP contribution in [0.2, 0.25) is 0 Å². The van der Waals surface area contributed by atoms with E-state index in [1.54, 1.807) is 6.07 Å². The summed E-state index contributed by atoms with van der Waals surface area (Å²) in [6.07, 6.45) is 2.72. The van der Waals surface area contributed by atoms with Gasteiger partial charge in [-0.25, -0.2) is 12.8 Å². The molecule has 0 bridgehead atoms. The van der Waals surface area contributed by atoms with Gasteiger partial charge in [-0.1, -0.05) is 17.8 Å². The molecule has 0 aliphatic carbocycles. The summed E-state index contributed by atoms with van der Waals surface area (Å²) in [4.78, 5) is 17.8. The Balaban J connectivity index is 1.63. The van der Waals surface area contributed by atoms with E-state index in [0.29, 0.717) is 35.8 Å². The second-order valence-corrected chi connectivity index (χ2v) is 11.1. The second-order valence-electron chi connectivity index (χ2n) is 8.25. The number of hydrogen-bond donors (Lipinski definition) is 0. The van der Waals surface area contributed by atoms with Crippen molar-refractivity contribution in [2.75, 3.05) is 19.8 Å². The average molecular weight is 506 g/mol. The molecule has 3 aromatic rings. The number of ether oxygens (including phenoxy) is 1. The van der Waals surface area contributed by atoms with Crippen LogP contribution in [0.15, 0.2) is 52.4 Å². The standard InChI is InChI=1S/C24H28FN3O4S2/c1-3-32-15-14-27-21-12-9-19(25)16-22(21)33-24(27)26-23(29)18-7-10-20(11-8-18)34(30,31)28-13-5-4-6-17(28)2/h7-12,16-17H,3-6,13-15H2,1-2H3. The van der Waals surface area contributed by atoms with Crippen molar-refractivity contribution in [3.05, 3.63) is 58.6 Å². The highest BCUT2D eigenvalue weighted by atomic mass is 32.2. The first-order chi connectivity index (χ1) is 16.3. The monoisotopic (exact) mass is 505 g/mol. The zero-order valence-corrected chi connectivity index (χ0v) is 20.9. The van der Waals surface area contributed by atoms with Crippen LogP contribution >= 0.6 is 11.3 Å². The molecule has 2 heterocycles. The molecule has 1 aliphatic heterocycles. The minimum Gasteiger partial charge on any atom is -0.380 e. The molecule has 0 spiro atoms. The predicted molar refractivity (Wildman–Crippen MR) is 130 cm³/mol. The number of carbonyl (C=O) groups is 1. The number of hydrogen-bond acceptors (Lipinski definition) is 5. The molecule has 10 heteroatoms. The van der Waals surface area contributed by atoms with Gasteiger partial charge in [-0.05, 0) is 69.2 Å². The summed E-state index contributed by atoms with van der Waals surface area (Å²) in [6, 6.07) is 10.3.